The molecule has 1 saturated heterocycles. The van der Waals surface area contributed by atoms with Gasteiger partial charge in [0.2, 0.25) is 0 Å². The van der Waals surface area contributed by atoms with Crippen LogP contribution in [0.5, 0.6) is 0 Å². The Kier molecular flexibility index (Phi) is 7.88. The zero-order valence-electron chi connectivity index (χ0n) is 6.85. The van der Waals surface area contributed by atoms with Gasteiger partial charge in [-0.05, 0) is 17.9 Å². The van der Waals surface area contributed by atoms with Crippen LogP contribution >= 0.6 is 23.5 Å². The fraction of sp³-hybridized carbons (Fsp3) is 0.857. The summed E-state index contributed by atoms with van der Waals surface area (Å²) in [4.78, 5) is 0. The van der Waals surface area contributed by atoms with Gasteiger partial charge in [-0.15, -0.1) is 0 Å². The van der Waals surface area contributed by atoms with Crippen molar-refractivity contribution >= 4 is 23.5 Å². The van der Waals surface area contributed by atoms with Crippen LogP contribution < -0.4 is 18.9 Å². The van der Waals surface area contributed by atoms with E-state index < -0.39 is 0 Å². The van der Waals surface area contributed by atoms with Gasteiger partial charge >= 0.3 is 18.9 Å². The zero-order chi connectivity index (χ0) is 6.53. The summed E-state index contributed by atoms with van der Waals surface area (Å²) in [5.41, 5.74) is 0. The largest absolute Gasteiger partial charge is 1.00 e. The second-order valence-electron chi connectivity index (χ2n) is 2.17. The molecule has 0 nitrogen and oxygen atoms in total. The van der Waals surface area contributed by atoms with Crippen molar-refractivity contribution in [3.05, 3.63) is 4.58 Å². The van der Waals surface area contributed by atoms with E-state index in [1.165, 1.54) is 30.8 Å². The van der Waals surface area contributed by atoms with E-state index in [2.05, 4.69) is 30.4 Å². The Morgan fingerprint density at radius 2 is 1.90 bits per heavy atom. The molecule has 1 aliphatic heterocycles. The zero-order valence-corrected chi connectivity index (χ0v) is 8.49. The molecule has 1 rings (SSSR count). The first-order valence-corrected chi connectivity index (χ1v) is 5.52. The van der Waals surface area contributed by atoms with Crippen LogP contribution in [-0.4, -0.2) is 11.5 Å². The monoisotopic (exact) mass is 168 g/mol. The van der Waals surface area contributed by atoms with Crippen molar-refractivity contribution < 1.29 is 18.9 Å². The normalized spacial score (nSPS) is 20.1. The minimum atomic E-state index is 0. The number of hydrogen-bond acceptors (Lipinski definition) is 2. The summed E-state index contributed by atoms with van der Waals surface area (Å²) < 4.78 is 1.67. The molecule has 0 aliphatic carbocycles. The van der Waals surface area contributed by atoms with Gasteiger partial charge in [0.25, 0.3) is 0 Å². The molecule has 0 aromatic carbocycles. The van der Waals surface area contributed by atoms with Gasteiger partial charge in [-0.25, -0.2) is 4.58 Å². The van der Waals surface area contributed by atoms with Gasteiger partial charge in [0.1, 0.15) is 0 Å². The average Bonchev–Trinajstić information content (AvgIpc) is 1.91. The molecule has 3 heteroatoms. The molecule has 0 N–H and O–H groups in total. The molecule has 0 saturated carbocycles. The minimum Gasteiger partial charge on any atom is -0.337 e. The van der Waals surface area contributed by atoms with Crippen molar-refractivity contribution in [3.63, 3.8) is 0 Å². The molecule has 0 radical (unpaired) electrons. The van der Waals surface area contributed by atoms with Gasteiger partial charge in [-0.3, -0.25) is 0 Å². The molecule has 0 spiro atoms. The van der Waals surface area contributed by atoms with Crippen molar-refractivity contribution in [1.29, 1.82) is 0 Å². The summed E-state index contributed by atoms with van der Waals surface area (Å²) in [6, 6.07) is 0. The third-order valence-corrected chi connectivity index (χ3v) is 4.01. The Hall–Kier alpha value is 1.30. The molecule has 1 heterocycles. The summed E-state index contributed by atoms with van der Waals surface area (Å²) in [7, 11) is 0. The summed E-state index contributed by atoms with van der Waals surface area (Å²) in [6.07, 6.45) is 4.05. The van der Waals surface area contributed by atoms with E-state index in [1.54, 1.807) is 4.58 Å². The van der Waals surface area contributed by atoms with Gasteiger partial charge in [-0.2, -0.15) is 6.42 Å². The van der Waals surface area contributed by atoms with Crippen molar-refractivity contribution in [2.75, 3.05) is 11.5 Å². The van der Waals surface area contributed by atoms with Crippen LogP contribution in [0.15, 0.2) is 0 Å². The molecule has 0 bridgehead atoms. The van der Waals surface area contributed by atoms with Gasteiger partial charge in [0, 0.05) is 0 Å². The van der Waals surface area contributed by atoms with E-state index in [9.17, 15) is 0 Å². The molecule has 0 aromatic rings. The molecule has 1 aliphatic rings. The van der Waals surface area contributed by atoms with E-state index in [-0.39, 0.29) is 18.9 Å². The summed E-state index contributed by atoms with van der Waals surface area (Å²) in [5.74, 6) is 2.73. The molecule has 0 aromatic heterocycles. The van der Waals surface area contributed by atoms with Gasteiger partial charge in [0.05, 0.1) is 0 Å². The van der Waals surface area contributed by atoms with E-state index in [0.717, 1.165) is 0 Å². The Balaban J connectivity index is 0.000000810. The molecule has 0 atom stereocenters. The molecule has 0 unspecified atom stereocenters. The second-order valence-corrected chi connectivity index (χ2v) is 4.81. The molecular weight excluding hydrogens is 155 g/mol. The number of rotatable bonds is 2. The van der Waals surface area contributed by atoms with Gasteiger partial charge < -0.3 is 23.5 Å². The topological polar surface area (TPSA) is 0 Å². The molecule has 1 fully saturated rings. The summed E-state index contributed by atoms with van der Waals surface area (Å²) in [5, 5.41) is 0. The van der Waals surface area contributed by atoms with Crippen molar-refractivity contribution in [3.8, 4) is 0 Å². The fourth-order valence-electron chi connectivity index (χ4n) is 0.821. The molecule has 10 heavy (non-hydrogen) atoms. The minimum absolute atomic E-state index is 0. The van der Waals surface area contributed by atoms with Crippen molar-refractivity contribution in [2.24, 2.45) is 0 Å². The van der Waals surface area contributed by atoms with Crippen molar-refractivity contribution in [1.82, 2.24) is 0 Å². The first kappa shape index (κ1) is 11.3. The van der Waals surface area contributed by atoms with Crippen LogP contribution in [0.3, 0.4) is 0 Å². The maximum Gasteiger partial charge on any atom is 1.00 e. The summed E-state index contributed by atoms with van der Waals surface area (Å²) in [6.45, 7) is 2.25. The van der Waals surface area contributed by atoms with E-state index >= 15 is 0 Å². The van der Waals surface area contributed by atoms with Crippen LogP contribution in [0.4, 0.5) is 0 Å². The Morgan fingerprint density at radius 3 is 2.40 bits per heavy atom. The predicted octanol–water partition coefficient (Wildman–Crippen LogP) is 0.150. The standard InChI is InChI=1S/C7H13S2.Li/c1-2-4-7-8-5-3-6-9-7;/h2-6H2,1H3;/q-1;+1. The molecular formula is C7H13LiS2. The van der Waals surface area contributed by atoms with Gasteiger partial charge in [-0.1, -0.05) is 13.3 Å². The predicted molar refractivity (Wildman–Crippen MR) is 47.7 cm³/mol. The van der Waals surface area contributed by atoms with Crippen molar-refractivity contribution in [2.45, 2.75) is 26.2 Å². The maximum atomic E-state index is 2.25. The number of thioether (sulfide) groups is 2. The maximum absolute atomic E-state index is 2.25. The first-order valence-electron chi connectivity index (χ1n) is 3.55. The first-order chi connectivity index (χ1) is 4.43. The molecule has 0 amide bonds. The van der Waals surface area contributed by atoms with E-state index in [4.69, 9.17) is 0 Å². The van der Waals surface area contributed by atoms with Crippen LogP contribution in [0.25, 0.3) is 0 Å². The Labute approximate surface area is 84.5 Å². The summed E-state index contributed by atoms with van der Waals surface area (Å²) >= 11 is 4.13. The molecule has 54 valence electrons. The van der Waals surface area contributed by atoms with Gasteiger partial charge in [0.15, 0.2) is 0 Å². The van der Waals surface area contributed by atoms with Crippen LogP contribution in [0.2, 0.25) is 0 Å². The Morgan fingerprint density at radius 1 is 1.30 bits per heavy atom. The quantitative estimate of drug-likeness (QED) is 0.425. The fourth-order valence-corrected chi connectivity index (χ4v) is 3.57. The van der Waals surface area contributed by atoms with E-state index in [0.29, 0.717) is 0 Å². The third kappa shape index (κ3) is 4.23. The number of hydrogen-bond donors (Lipinski definition) is 0. The van der Waals surface area contributed by atoms with E-state index in [1.807, 2.05) is 0 Å². The third-order valence-electron chi connectivity index (χ3n) is 1.27. The average molecular weight is 168 g/mol. The second kappa shape index (κ2) is 6.97. The van der Waals surface area contributed by atoms with Crippen LogP contribution in [0.1, 0.15) is 26.2 Å². The van der Waals surface area contributed by atoms with Crippen LogP contribution in [-0.2, 0) is 0 Å². The SMILES string of the molecule is CCC[C-]1SCCCS1.[Li+]. The Bertz CT molecular complexity index is 69.3. The van der Waals surface area contributed by atoms with Crippen LogP contribution in [0, 0.1) is 4.58 Å². The smallest absolute Gasteiger partial charge is 0.337 e.